The molecule has 0 N–H and O–H groups in total. The Balaban J connectivity index is 1.54. The molecule has 1 aliphatic heterocycles. The topological polar surface area (TPSA) is 63.9 Å². The Morgan fingerprint density at radius 3 is 2.75 bits per heavy atom. The van der Waals surface area contributed by atoms with Gasteiger partial charge in [0.15, 0.2) is 0 Å². The predicted molar refractivity (Wildman–Crippen MR) is 95.3 cm³/mol. The van der Waals surface area contributed by atoms with Crippen molar-refractivity contribution in [2.75, 3.05) is 4.90 Å². The quantitative estimate of drug-likeness (QED) is 0.692. The summed E-state index contributed by atoms with van der Waals surface area (Å²) < 4.78 is 38.6. The molecule has 1 atom stereocenters. The molecule has 0 fully saturated rings. The third-order valence-electron chi connectivity index (χ3n) is 4.65. The number of hydrogen-bond acceptors (Lipinski definition) is 4. The summed E-state index contributed by atoms with van der Waals surface area (Å²) in [6, 6.07) is 12.4. The number of anilines is 1. The lowest BCUT2D eigenvalue weighted by Gasteiger charge is -2.22. The first-order valence-corrected chi connectivity index (χ1v) is 8.68. The number of amides is 1. The van der Waals surface area contributed by atoms with E-state index in [9.17, 15) is 18.0 Å². The maximum absolute atomic E-state index is 12.9. The number of tetrazole rings is 1. The van der Waals surface area contributed by atoms with Gasteiger partial charge in [-0.05, 0) is 42.3 Å². The third kappa shape index (κ3) is 3.35. The Kier molecular flexibility index (Phi) is 4.37. The summed E-state index contributed by atoms with van der Waals surface area (Å²) >= 11 is 0. The molecule has 0 aliphatic carbocycles. The number of benzene rings is 2. The van der Waals surface area contributed by atoms with Gasteiger partial charge in [-0.2, -0.15) is 18.0 Å². The van der Waals surface area contributed by atoms with E-state index in [1.165, 1.54) is 12.1 Å². The molecule has 9 heteroatoms. The molecule has 1 amide bonds. The molecular formula is C19H16F3N5O. The molecule has 4 rings (SSSR count). The Labute approximate surface area is 158 Å². The van der Waals surface area contributed by atoms with Crippen molar-refractivity contribution in [3.05, 3.63) is 59.7 Å². The summed E-state index contributed by atoms with van der Waals surface area (Å²) in [6.45, 7) is 1.81. The van der Waals surface area contributed by atoms with Crippen LogP contribution >= 0.6 is 0 Å². The summed E-state index contributed by atoms with van der Waals surface area (Å²) in [5.74, 6) is -0.167. The Morgan fingerprint density at radius 1 is 1.18 bits per heavy atom. The normalized spacial score (nSPS) is 16.3. The van der Waals surface area contributed by atoms with Crippen LogP contribution in [0.1, 0.15) is 18.1 Å². The SMILES string of the molecule is C[C@H]1Cc2ccccc2N1C(=O)Cn1nnc(-c2cccc(C(F)(F)F)c2)n1. The van der Waals surface area contributed by atoms with Gasteiger partial charge < -0.3 is 4.90 Å². The summed E-state index contributed by atoms with van der Waals surface area (Å²) in [5.41, 5.74) is 1.35. The summed E-state index contributed by atoms with van der Waals surface area (Å²) in [7, 11) is 0. The third-order valence-corrected chi connectivity index (χ3v) is 4.65. The molecule has 0 radical (unpaired) electrons. The Hall–Kier alpha value is -3.23. The first-order chi connectivity index (χ1) is 13.3. The Morgan fingerprint density at radius 2 is 1.96 bits per heavy atom. The number of carbonyl (C=O) groups is 1. The van der Waals surface area contributed by atoms with Gasteiger partial charge in [0.25, 0.3) is 5.91 Å². The van der Waals surface area contributed by atoms with Crippen molar-refractivity contribution < 1.29 is 18.0 Å². The largest absolute Gasteiger partial charge is 0.416 e. The first kappa shape index (κ1) is 18.1. The molecule has 1 aliphatic rings. The highest BCUT2D eigenvalue weighted by atomic mass is 19.4. The van der Waals surface area contributed by atoms with Gasteiger partial charge >= 0.3 is 6.18 Å². The van der Waals surface area contributed by atoms with E-state index in [2.05, 4.69) is 15.4 Å². The lowest BCUT2D eigenvalue weighted by atomic mass is 10.1. The van der Waals surface area contributed by atoms with Gasteiger partial charge in [0.05, 0.1) is 5.56 Å². The second kappa shape index (κ2) is 6.74. The number of carbonyl (C=O) groups excluding carboxylic acids is 1. The second-order valence-corrected chi connectivity index (χ2v) is 6.67. The van der Waals surface area contributed by atoms with E-state index in [-0.39, 0.29) is 29.9 Å². The van der Waals surface area contributed by atoms with Crippen molar-refractivity contribution in [2.24, 2.45) is 0 Å². The van der Waals surface area contributed by atoms with Crippen molar-refractivity contribution in [3.8, 4) is 11.4 Å². The smallest absolute Gasteiger partial charge is 0.307 e. The van der Waals surface area contributed by atoms with E-state index in [1.807, 2.05) is 31.2 Å². The maximum atomic E-state index is 12.9. The van der Waals surface area contributed by atoms with Crippen LogP contribution in [-0.2, 0) is 23.9 Å². The zero-order valence-electron chi connectivity index (χ0n) is 14.9. The maximum Gasteiger partial charge on any atom is 0.416 e. The van der Waals surface area contributed by atoms with Crippen LogP contribution in [0.5, 0.6) is 0 Å². The number of halogens is 3. The average Bonchev–Trinajstić information content (AvgIpc) is 3.24. The number of alkyl halides is 3. The zero-order valence-corrected chi connectivity index (χ0v) is 14.9. The molecule has 144 valence electrons. The standard InChI is InChI=1S/C19H16F3N5O/c1-12-9-13-5-2-3-8-16(13)27(12)17(28)11-26-24-18(23-25-26)14-6-4-7-15(10-14)19(20,21)22/h2-8,10,12H,9,11H2,1H3/t12-/m0/s1. The van der Waals surface area contributed by atoms with Crippen LogP contribution in [0.3, 0.4) is 0 Å². The van der Waals surface area contributed by atoms with Gasteiger partial charge in [-0.3, -0.25) is 4.79 Å². The molecule has 0 saturated heterocycles. The van der Waals surface area contributed by atoms with Gasteiger partial charge in [0, 0.05) is 17.3 Å². The zero-order chi connectivity index (χ0) is 19.9. The minimum atomic E-state index is -4.46. The number of aromatic nitrogens is 4. The number of fused-ring (bicyclic) bond motifs is 1. The molecule has 28 heavy (non-hydrogen) atoms. The minimum absolute atomic E-state index is 0.0105. The van der Waals surface area contributed by atoms with Gasteiger partial charge in [0.2, 0.25) is 5.82 Å². The fraction of sp³-hybridized carbons (Fsp3) is 0.263. The average molecular weight is 387 g/mol. The van der Waals surface area contributed by atoms with E-state index < -0.39 is 11.7 Å². The molecule has 3 aromatic rings. The highest BCUT2D eigenvalue weighted by molar-refractivity contribution is 5.95. The van der Waals surface area contributed by atoms with Crippen LogP contribution in [0.4, 0.5) is 18.9 Å². The fourth-order valence-corrected chi connectivity index (χ4v) is 3.40. The van der Waals surface area contributed by atoms with Crippen LogP contribution < -0.4 is 4.90 Å². The molecule has 2 heterocycles. The van der Waals surface area contributed by atoms with Crippen LogP contribution in [0.15, 0.2) is 48.5 Å². The number of nitrogens with zero attached hydrogens (tertiary/aromatic N) is 5. The fourth-order valence-electron chi connectivity index (χ4n) is 3.40. The molecule has 1 aromatic heterocycles. The van der Waals surface area contributed by atoms with Crippen molar-refractivity contribution in [1.29, 1.82) is 0 Å². The van der Waals surface area contributed by atoms with E-state index in [0.29, 0.717) is 0 Å². The van der Waals surface area contributed by atoms with Crippen molar-refractivity contribution in [3.63, 3.8) is 0 Å². The van der Waals surface area contributed by atoms with Crippen molar-refractivity contribution in [1.82, 2.24) is 20.2 Å². The Bertz CT molecular complexity index is 1030. The number of rotatable bonds is 3. The minimum Gasteiger partial charge on any atom is -0.307 e. The van der Waals surface area contributed by atoms with Crippen LogP contribution in [0, 0.1) is 0 Å². The molecule has 0 spiro atoms. The highest BCUT2D eigenvalue weighted by Gasteiger charge is 2.32. The summed E-state index contributed by atoms with van der Waals surface area (Å²) in [5, 5.41) is 11.7. The van der Waals surface area contributed by atoms with E-state index in [4.69, 9.17) is 0 Å². The van der Waals surface area contributed by atoms with E-state index in [0.717, 1.165) is 34.6 Å². The summed E-state index contributed by atoms with van der Waals surface area (Å²) in [6.07, 6.45) is -3.69. The van der Waals surface area contributed by atoms with Crippen LogP contribution in [0.2, 0.25) is 0 Å². The monoisotopic (exact) mass is 387 g/mol. The van der Waals surface area contributed by atoms with Crippen molar-refractivity contribution >= 4 is 11.6 Å². The second-order valence-electron chi connectivity index (χ2n) is 6.67. The van der Waals surface area contributed by atoms with Gasteiger partial charge in [-0.1, -0.05) is 30.3 Å². The van der Waals surface area contributed by atoms with E-state index >= 15 is 0 Å². The molecule has 0 saturated carbocycles. The number of hydrogen-bond donors (Lipinski definition) is 0. The van der Waals surface area contributed by atoms with Crippen LogP contribution in [-0.4, -0.2) is 32.2 Å². The van der Waals surface area contributed by atoms with E-state index in [1.54, 1.807) is 4.90 Å². The lowest BCUT2D eigenvalue weighted by molar-refractivity contribution is -0.137. The van der Waals surface area contributed by atoms with Crippen LogP contribution in [0.25, 0.3) is 11.4 Å². The molecular weight excluding hydrogens is 371 g/mol. The lowest BCUT2D eigenvalue weighted by Crippen LogP contribution is -2.38. The summed E-state index contributed by atoms with van der Waals surface area (Å²) in [4.78, 5) is 15.6. The molecule has 0 bridgehead atoms. The van der Waals surface area contributed by atoms with Gasteiger partial charge in [0.1, 0.15) is 6.54 Å². The van der Waals surface area contributed by atoms with Gasteiger partial charge in [-0.25, -0.2) is 0 Å². The molecule has 6 nitrogen and oxygen atoms in total. The highest BCUT2D eigenvalue weighted by Crippen LogP contribution is 2.32. The van der Waals surface area contributed by atoms with Gasteiger partial charge in [-0.15, -0.1) is 10.2 Å². The van der Waals surface area contributed by atoms with Crippen molar-refractivity contribution in [2.45, 2.75) is 32.1 Å². The number of para-hydroxylation sites is 1. The predicted octanol–water partition coefficient (Wildman–Crippen LogP) is 3.34. The first-order valence-electron chi connectivity index (χ1n) is 8.68. The molecule has 2 aromatic carbocycles. The molecule has 0 unspecified atom stereocenters.